The van der Waals surface area contributed by atoms with Gasteiger partial charge in [0.15, 0.2) is 5.78 Å². The van der Waals surface area contributed by atoms with Crippen LogP contribution in [-0.2, 0) is 17.6 Å². The summed E-state index contributed by atoms with van der Waals surface area (Å²) in [6.45, 7) is 7.94. The number of nitrogens with one attached hydrogen (secondary N) is 2. The molecule has 0 atom stereocenters. The highest BCUT2D eigenvalue weighted by molar-refractivity contribution is 7.79. The third kappa shape index (κ3) is 3.65. The van der Waals surface area contributed by atoms with Gasteiger partial charge in [0, 0.05) is 29.6 Å². The number of H-pyrrole nitrogens is 2. The molecule has 0 saturated carbocycles. The Morgan fingerprint density at radius 3 is 2.35 bits per heavy atom. The number of ether oxygens (including phenoxy) is 1. The van der Waals surface area contributed by atoms with Gasteiger partial charge in [0.25, 0.3) is 0 Å². The number of carbonyl (C=O) groups excluding carboxylic acids is 2. The number of ketones is 1. The number of hydrogen-bond donors (Lipinski definition) is 2. The molecule has 0 bridgehead atoms. The number of rotatable bonds is 8. The van der Waals surface area contributed by atoms with E-state index in [1.54, 1.807) is 5.37 Å². The summed E-state index contributed by atoms with van der Waals surface area (Å²) in [6, 6.07) is 0. The molecular weight excluding hydrogens is 348 g/mol. The van der Waals surface area contributed by atoms with Crippen molar-refractivity contribution in [1.29, 1.82) is 0 Å². The van der Waals surface area contributed by atoms with Gasteiger partial charge in [-0.3, -0.25) is 4.79 Å². The number of aromatic nitrogens is 2. The van der Waals surface area contributed by atoms with E-state index >= 15 is 0 Å². The van der Waals surface area contributed by atoms with Crippen LogP contribution in [0.15, 0.2) is 0 Å². The lowest BCUT2D eigenvalue weighted by Crippen LogP contribution is -2.10. The van der Waals surface area contributed by atoms with Crippen molar-refractivity contribution in [1.82, 2.24) is 9.97 Å². The van der Waals surface area contributed by atoms with Crippen LogP contribution >= 0.6 is 12.2 Å². The number of Topliss-reactive ketones (excluding diaryl/α,β-unsaturated/α-hetero) is 1. The van der Waals surface area contributed by atoms with Crippen LogP contribution in [0, 0.1) is 13.8 Å². The third-order valence-corrected chi connectivity index (χ3v) is 5.07. The van der Waals surface area contributed by atoms with E-state index in [2.05, 4.69) is 23.8 Å². The summed E-state index contributed by atoms with van der Waals surface area (Å²) >= 11 is 5.09. The van der Waals surface area contributed by atoms with E-state index in [0.717, 1.165) is 41.1 Å². The Bertz CT molecular complexity index is 846. The SMILES string of the molecule is CCCC(=O)c1[nH]c(Cc2[nH]c(C=S)c(C)c2CC)c(C)c1C(=O)OC. The maximum absolute atomic E-state index is 12.5. The van der Waals surface area contributed by atoms with Crippen molar-refractivity contribution in [2.24, 2.45) is 0 Å². The molecule has 140 valence electrons. The van der Waals surface area contributed by atoms with E-state index in [0.29, 0.717) is 24.1 Å². The fourth-order valence-electron chi connectivity index (χ4n) is 3.39. The van der Waals surface area contributed by atoms with Crippen molar-refractivity contribution in [3.63, 3.8) is 0 Å². The molecule has 0 saturated heterocycles. The maximum Gasteiger partial charge on any atom is 0.340 e. The first-order valence-corrected chi connectivity index (χ1v) is 9.34. The molecule has 26 heavy (non-hydrogen) atoms. The van der Waals surface area contributed by atoms with Crippen LogP contribution in [0.4, 0.5) is 0 Å². The molecule has 0 amide bonds. The first-order chi connectivity index (χ1) is 12.4. The monoisotopic (exact) mass is 374 g/mol. The van der Waals surface area contributed by atoms with Gasteiger partial charge in [-0.1, -0.05) is 26.1 Å². The summed E-state index contributed by atoms with van der Waals surface area (Å²) in [5.74, 6) is -0.553. The minimum Gasteiger partial charge on any atom is -0.465 e. The van der Waals surface area contributed by atoms with Crippen LogP contribution < -0.4 is 0 Å². The van der Waals surface area contributed by atoms with Crippen LogP contribution in [0.1, 0.15) is 81.3 Å². The zero-order chi connectivity index (χ0) is 19.4. The lowest BCUT2D eigenvalue weighted by Gasteiger charge is -2.04. The van der Waals surface area contributed by atoms with E-state index < -0.39 is 5.97 Å². The molecule has 2 N–H and O–H groups in total. The molecule has 2 rings (SSSR count). The molecular formula is C20H26N2O3S. The van der Waals surface area contributed by atoms with Gasteiger partial charge in [-0.05, 0) is 43.4 Å². The van der Waals surface area contributed by atoms with Crippen molar-refractivity contribution >= 4 is 29.3 Å². The van der Waals surface area contributed by atoms with E-state index in [1.807, 2.05) is 13.8 Å². The Hall–Kier alpha value is -2.21. The van der Waals surface area contributed by atoms with Crippen molar-refractivity contribution in [2.75, 3.05) is 7.11 Å². The zero-order valence-electron chi connectivity index (χ0n) is 16.0. The second-order valence-corrected chi connectivity index (χ2v) is 6.65. The van der Waals surface area contributed by atoms with Crippen molar-refractivity contribution in [2.45, 2.75) is 53.4 Å². The topological polar surface area (TPSA) is 75.0 Å². The van der Waals surface area contributed by atoms with Gasteiger partial charge in [0.2, 0.25) is 0 Å². The number of thiocarbonyl (C=S) groups is 1. The quantitative estimate of drug-likeness (QED) is 0.412. The van der Waals surface area contributed by atoms with Crippen LogP contribution in [0.3, 0.4) is 0 Å². The summed E-state index contributed by atoms with van der Waals surface area (Å²) in [5, 5.41) is 1.65. The molecule has 0 aliphatic heterocycles. The molecule has 0 unspecified atom stereocenters. The largest absolute Gasteiger partial charge is 0.465 e. The summed E-state index contributed by atoms with van der Waals surface area (Å²) < 4.78 is 4.90. The summed E-state index contributed by atoms with van der Waals surface area (Å²) in [4.78, 5) is 31.3. The van der Waals surface area contributed by atoms with E-state index in [4.69, 9.17) is 17.0 Å². The van der Waals surface area contributed by atoms with Crippen LogP contribution in [-0.4, -0.2) is 34.2 Å². The van der Waals surface area contributed by atoms with Crippen LogP contribution in [0.2, 0.25) is 0 Å². The number of esters is 1. The summed E-state index contributed by atoms with van der Waals surface area (Å²) in [7, 11) is 1.33. The van der Waals surface area contributed by atoms with Crippen molar-refractivity contribution < 1.29 is 14.3 Å². The second-order valence-electron chi connectivity index (χ2n) is 6.41. The van der Waals surface area contributed by atoms with Crippen molar-refractivity contribution in [3.8, 4) is 0 Å². The molecule has 0 aliphatic carbocycles. The second kappa shape index (κ2) is 8.45. The standard InChI is InChI=1S/C20H26N2O3S/c1-6-8-17(23)19-18(20(24)25-5)12(4)14(22-19)9-15-13(7-2)11(3)16(10-26)21-15/h10,21-22H,6-9H2,1-5H3. The molecule has 5 nitrogen and oxygen atoms in total. The predicted octanol–water partition coefficient (Wildman–Crippen LogP) is 4.23. The fourth-order valence-corrected chi connectivity index (χ4v) is 3.62. The van der Waals surface area contributed by atoms with Crippen molar-refractivity contribution in [3.05, 3.63) is 45.0 Å². The highest BCUT2D eigenvalue weighted by Gasteiger charge is 2.25. The molecule has 6 heteroatoms. The van der Waals surface area contributed by atoms with Gasteiger partial charge < -0.3 is 14.7 Å². The Balaban J connectivity index is 2.53. The van der Waals surface area contributed by atoms with E-state index in [9.17, 15) is 9.59 Å². The van der Waals surface area contributed by atoms with Gasteiger partial charge in [-0.2, -0.15) is 0 Å². The molecule has 0 aromatic carbocycles. The average Bonchev–Trinajstić information content (AvgIpc) is 3.11. The smallest absolute Gasteiger partial charge is 0.340 e. The van der Waals surface area contributed by atoms with E-state index in [1.165, 1.54) is 12.7 Å². The highest BCUT2D eigenvalue weighted by Crippen LogP contribution is 2.26. The average molecular weight is 375 g/mol. The van der Waals surface area contributed by atoms with Crippen LogP contribution in [0.25, 0.3) is 0 Å². The maximum atomic E-state index is 12.5. The number of hydrogen-bond acceptors (Lipinski definition) is 4. The zero-order valence-corrected chi connectivity index (χ0v) is 16.9. The minimum absolute atomic E-state index is 0.0692. The van der Waals surface area contributed by atoms with E-state index in [-0.39, 0.29) is 5.78 Å². The molecule has 0 spiro atoms. The first kappa shape index (κ1) is 20.1. The molecule has 0 fully saturated rings. The van der Waals surface area contributed by atoms with Crippen LogP contribution in [0.5, 0.6) is 0 Å². The summed E-state index contributed by atoms with van der Waals surface area (Å²) in [5.41, 5.74) is 6.65. The molecule has 0 radical (unpaired) electrons. The minimum atomic E-state index is -0.484. The third-order valence-electron chi connectivity index (χ3n) is 4.83. The van der Waals surface area contributed by atoms with Gasteiger partial charge >= 0.3 is 5.97 Å². The van der Waals surface area contributed by atoms with Gasteiger partial charge in [0.05, 0.1) is 24.1 Å². The first-order valence-electron chi connectivity index (χ1n) is 8.87. The highest BCUT2D eigenvalue weighted by atomic mass is 32.1. The Morgan fingerprint density at radius 2 is 1.81 bits per heavy atom. The molecule has 0 aliphatic rings. The number of methoxy groups -OCH3 is 1. The lowest BCUT2D eigenvalue weighted by molar-refractivity contribution is 0.0596. The molecule has 2 aromatic rings. The Labute approximate surface area is 159 Å². The molecule has 2 aromatic heterocycles. The fraction of sp³-hybridized carbons (Fsp3) is 0.450. The van der Waals surface area contributed by atoms with Gasteiger partial charge in [0.1, 0.15) is 0 Å². The predicted molar refractivity (Wildman–Crippen MR) is 107 cm³/mol. The molecule has 2 heterocycles. The van der Waals surface area contributed by atoms with Gasteiger partial charge in [-0.15, -0.1) is 0 Å². The Morgan fingerprint density at radius 1 is 1.12 bits per heavy atom. The number of carbonyl (C=O) groups is 2. The summed E-state index contributed by atoms with van der Waals surface area (Å²) in [6.07, 6.45) is 2.56. The normalized spacial score (nSPS) is 10.8. The van der Waals surface area contributed by atoms with Gasteiger partial charge in [-0.25, -0.2) is 4.79 Å². The number of aromatic amines is 2. The Kier molecular flexibility index (Phi) is 6.53. The lowest BCUT2D eigenvalue weighted by atomic mass is 10.0.